The summed E-state index contributed by atoms with van der Waals surface area (Å²) in [5, 5.41) is 12.6. The maximum absolute atomic E-state index is 11.5. The number of sulfone groups is 1. The van der Waals surface area contributed by atoms with Gasteiger partial charge in [-0.05, 0) is 37.0 Å². The van der Waals surface area contributed by atoms with Crippen LogP contribution in [0.5, 0.6) is 0 Å². The molecule has 0 radical (unpaired) electrons. The molecule has 6 nitrogen and oxygen atoms in total. The average molecular weight is 349 g/mol. The van der Waals surface area contributed by atoms with Gasteiger partial charge in [0.15, 0.2) is 9.84 Å². The summed E-state index contributed by atoms with van der Waals surface area (Å²) in [6, 6.07) is 6.46. The van der Waals surface area contributed by atoms with Crippen LogP contribution in [-0.2, 0) is 16.4 Å². The van der Waals surface area contributed by atoms with Crippen molar-refractivity contribution >= 4 is 15.5 Å². The van der Waals surface area contributed by atoms with Crippen LogP contribution in [0, 0.1) is 0 Å². The molecule has 1 aromatic heterocycles. The maximum Gasteiger partial charge on any atom is 0.175 e. The first-order chi connectivity index (χ1) is 11.5. The predicted octanol–water partition coefficient (Wildman–Crippen LogP) is 3.12. The molecule has 1 aromatic carbocycles. The topological polar surface area (TPSA) is 84.5 Å². The van der Waals surface area contributed by atoms with Crippen molar-refractivity contribution in [2.24, 2.45) is 5.16 Å². The summed E-state index contributed by atoms with van der Waals surface area (Å²) in [6.07, 6.45) is 11.6. The number of unbranched alkanes of at least 4 members (excludes halogenated alkanes) is 3. The van der Waals surface area contributed by atoms with Gasteiger partial charge in [-0.25, -0.2) is 13.4 Å². The van der Waals surface area contributed by atoms with E-state index >= 15 is 0 Å². The first-order valence-electron chi connectivity index (χ1n) is 7.98. The molecule has 1 heterocycles. The standard InChI is InChI=1S/C17H23N3O3S/c1-24(22,23)16-9-7-15(8-10-16)17(19-21)6-4-2-3-5-12-20-13-11-18-14-20/h7-11,13-14,21H,2-6,12H2,1H3. The van der Waals surface area contributed by atoms with Gasteiger partial charge in [-0.15, -0.1) is 0 Å². The van der Waals surface area contributed by atoms with Crippen LogP contribution in [0.2, 0.25) is 0 Å². The molecule has 0 aliphatic heterocycles. The number of hydrogen-bond acceptors (Lipinski definition) is 5. The van der Waals surface area contributed by atoms with Crippen LogP contribution in [0.1, 0.15) is 37.7 Å². The molecule has 0 fully saturated rings. The Hall–Kier alpha value is -2.15. The van der Waals surface area contributed by atoms with Crippen molar-refractivity contribution in [1.29, 1.82) is 0 Å². The molecule has 0 spiro atoms. The summed E-state index contributed by atoms with van der Waals surface area (Å²) in [5.74, 6) is 0. The molecule has 2 rings (SSSR count). The second kappa shape index (κ2) is 8.63. The quantitative estimate of drug-likeness (QED) is 0.326. The molecule has 0 aliphatic rings. The Bertz CT molecular complexity index is 751. The van der Waals surface area contributed by atoms with Crippen LogP contribution in [0.4, 0.5) is 0 Å². The zero-order valence-corrected chi connectivity index (χ0v) is 14.6. The molecule has 1 N–H and O–H groups in total. The van der Waals surface area contributed by atoms with Crippen LogP contribution in [0.3, 0.4) is 0 Å². The van der Waals surface area contributed by atoms with E-state index in [0.717, 1.165) is 37.8 Å². The number of imidazole rings is 1. The highest BCUT2D eigenvalue weighted by atomic mass is 32.2. The third-order valence-electron chi connectivity index (χ3n) is 3.88. The van der Waals surface area contributed by atoms with E-state index in [4.69, 9.17) is 0 Å². The summed E-state index contributed by atoms with van der Waals surface area (Å²) in [7, 11) is -3.21. The van der Waals surface area contributed by atoms with Crippen molar-refractivity contribution in [2.75, 3.05) is 6.26 Å². The van der Waals surface area contributed by atoms with Gasteiger partial charge in [-0.3, -0.25) is 0 Å². The number of oxime groups is 1. The van der Waals surface area contributed by atoms with Crippen molar-refractivity contribution in [1.82, 2.24) is 9.55 Å². The number of aryl methyl sites for hydroxylation is 1. The fourth-order valence-electron chi connectivity index (χ4n) is 2.51. The number of benzene rings is 1. The Labute approximate surface area is 142 Å². The Kier molecular flexibility index (Phi) is 6.54. The van der Waals surface area contributed by atoms with Gasteiger partial charge in [-0.2, -0.15) is 0 Å². The van der Waals surface area contributed by atoms with E-state index < -0.39 is 9.84 Å². The van der Waals surface area contributed by atoms with E-state index in [1.807, 2.05) is 12.5 Å². The molecule has 2 aromatic rings. The fourth-order valence-corrected chi connectivity index (χ4v) is 3.14. The zero-order valence-electron chi connectivity index (χ0n) is 13.8. The summed E-state index contributed by atoms with van der Waals surface area (Å²) < 4.78 is 25.0. The minimum Gasteiger partial charge on any atom is -0.411 e. The van der Waals surface area contributed by atoms with Gasteiger partial charge in [0, 0.05) is 25.2 Å². The highest BCUT2D eigenvalue weighted by molar-refractivity contribution is 7.90. The lowest BCUT2D eigenvalue weighted by atomic mass is 10.0. The van der Waals surface area contributed by atoms with Crippen LogP contribution >= 0.6 is 0 Å². The highest BCUT2D eigenvalue weighted by Crippen LogP contribution is 2.14. The number of rotatable bonds is 9. The van der Waals surface area contributed by atoms with Gasteiger partial charge in [0.05, 0.1) is 16.9 Å². The zero-order chi connectivity index (χ0) is 17.4. The molecule has 0 bridgehead atoms. The third-order valence-corrected chi connectivity index (χ3v) is 5.00. The van der Waals surface area contributed by atoms with Gasteiger partial charge in [0.2, 0.25) is 0 Å². The van der Waals surface area contributed by atoms with E-state index in [2.05, 4.69) is 14.7 Å². The van der Waals surface area contributed by atoms with Crippen LogP contribution in [-0.4, -0.2) is 35.1 Å². The fraction of sp³-hybridized carbons (Fsp3) is 0.412. The summed E-state index contributed by atoms with van der Waals surface area (Å²) >= 11 is 0. The van der Waals surface area contributed by atoms with Gasteiger partial charge in [0.25, 0.3) is 0 Å². The minimum atomic E-state index is -3.21. The molecule has 24 heavy (non-hydrogen) atoms. The minimum absolute atomic E-state index is 0.267. The Balaban J connectivity index is 1.76. The first-order valence-corrected chi connectivity index (χ1v) is 9.87. The van der Waals surface area contributed by atoms with Crippen molar-refractivity contribution < 1.29 is 13.6 Å². The third kappa shape index (κ3) is 5.49. The predicted molar refractivity (Wildman–Crippen MR) is 93.2 cm³/mol. The Morgan fingerprint density at radius 2 is 1.88 bits per heavy atom. The van der Waals surface area contributed by atoms with E-state index in [1.54, 1.807) is 30.5 Å². The molecule has 0 atom stereocenters. The highest BCUT2D eigenvalue weighted by Gasteiger charge is 2.09. The van der Waals surface area contributed by atoms with E-state index in [1.165, 1.54) is 6.26 Å². The molecule has 0 unspecified atom stereocenters. The van der Waals surface area contributed by atoms with E-state index in [9.17, 15) is 13.6 Å². The Morgan fingerprint density at radius 1 is 1.17 bits per heavy atom. The summed E-state index contributed by atoms with van der Waals surface area (Å²) in [6.45, 7) is 0.966. The maximum atomic E-state index is 11.5. The van der Waals surface area contributed by atoms with Crippen LogP contribution in [0.15, 0.2) is 53.0 Å². The largest absolute Gasteiger partial charge is 0.411 e. The van der Waals surface area contributed by atoms with Crippen molar-refractivity contribution in [3.63, 3.8) is 0 Å². The number of hydrogen-bond donors (Lipinski definition) is 1. The molecular formula is C17H23N3O3S. The summed E-state index contributed by atoms with van der Waals surface area (Å²) in [4.78, 5) is 4.27. The van der Waals surface area contributed by atoms with Crippen molar-refractivity contribution in [3.8, 4) is 0 Å². The van der Waals surface area contributed by atoms with E-state index in [-0.39, 0.29) is 4.90 Å². The van der Waals surface area contributed by atoms with Gasteiger partial charge >= 0.3 is 0 Å². The molecule has 7 heteroatoms. The SMILES string of the molecule is CS(=O)(=O)c1ccc(C(CCCCCCn2ccnc2)=NO)cc1. The second-order valence-corrected chi connectivity index (χ2v) is 7.82. The van der Waals surface area contributed by atoms with Gasteiger partial charge < -0.3 is 9.77 Å². The molecule has 130 valence electrons. The van der Waals surface area contributed by atoms with E-state index in [0.29, 0.717) is 12.1 Å². The molecular weight excluding hydrogens is 326 g/mol. The lowest BCUT2D eigenvalue weighted by Gasteiger charge is -2.06. The first kappa shape index (κ1) is 18.2. The normalized spacial score (nSPS) is 12.5. The lowest BCUT2D eigenvalue weighted by Crippen LogP contribution is -2.03. The number of nitrogens with zero attached hydrogens (tertiary/aromatic N) is 3. The van der Waals surface area contributed by atoms with Crippen LogP contribution in [0.25, 0.3) is 0 Å². The monoisotopic (exact) mass is 349 g/mol. The summed E-state index contributed by atoms with van der Waals surface area (Å²) in [5.41, 5.74) is 1.34. The Morgan fingerprint density at radius 3 is 2.46 bits per heavy atom. The molecule has 0 amide bonds. The van der Waals surface area contributed by atoms with Gasteiger partial charge in [-0.1, -0.05) is 30.1 Å². The second-order valence-electron chi connectivity index (χ2n) is 5.81. The number of aromatic nitrogens is 2. The van der Waals surface area contributed by atoms with Crippen molar-refractivity contribution in [3.05, 3.63) is 48.5 Å². The average Bonchev–Trinajstić information content (AvgIpc) is 3.07. The smallest absolute Gasteiger partial charge is 0.175 e. The van der Waals surface area contributed by atoms with Crippen molar-refractivity contribution in [2.45, 2.75) is 43.5 Å². The lowest BCUT2D eigenvalue weighted by molar-refractivity contribution is 0.317. The molecule has 0 saturated heterocycles. The van der Waals surface area contributed by atoms with Crippen LogP contribution < -0.4 is 0 Å². The molecule has 0 aliphatic carbocycles. The van der Waals surface area contributed by atoms with Gasteiger partial charge in [0.1, 0.15) is 0 Å². The molecule has 0 saturated carbocycles.